The van der Waals surface area contributed by atoms with Gasteiger partial charge in [0.15, 0.2) is 5.76 Å². The van der Waals surface area contributed by atoms with Crippen LogP contribution in [0.4, 0.5) is 0 Å². The van der Waals surface area contributed by atoms with Crippen LogP contribution in [0.2, 0.25) is 0 Å². The first-order valence-corrected chi connectivity index (χ1v) is 9.69. The topological polar surface area (TPSA) is 63.9 Å². The Bertz CT molecular complexity index is 938. The summed E-state index contributed by atoms with van der Waals surface area (Å²) in [5, 5.41) is 3.38. The van der Waals surface area contributed by atoms with E-state index in [4.69, 9.17) is 13.9 Å². The molecule has 0 radical (unpaired) electrons. The van der Waals surface area contributed by atoms with Crippen LogP contribution in [-0.2, 0) is 6.42 Å². The lowest BCUT2D eigenvalue weighted by Crippen LogP contribution is -2.54. The van der Waals surface area contributed by atoms with Gasteiger partial charge < -0.3 is 24.1 Å². The molecule has 0 spiro atoms. The zero-order valence-corrected chi connectivity index (χ0v) is 16.3. The van der Waals surface area contributed by atoms with Crippen LogP contribution in [0, 0.1) is 0 Å². The summed E-state index contributed by atoms with van der Waals surface area (Å²) in [7, 11) is 1.63. The van der Waals surface area contributed by atoms with Crippen LogP contribution < -0.4 is 14.8 Å². The maximum absolute atomic E-state index is 12.7. The predicted molar refractivity (Wildman–Crippen MR) is 110 cm³/mol. The minimum Gasteiger partial charge on any atom is -0.497 e. The number of hydrogen-bond acceptors (Lipinski definition) is 5. The van der Waals surface area contributed by atoms with Gasteiger partial charge in [-0.05, 0) is 48.4 Å². The molecule has 1 aliphatic rings. The highest BCUT2D eigenvalue weighted by Gasteiger charge is 2.28. The van der Waals surface area contributed by atoms with Crippen molar-refractivity contribution in [3.8, 4) is 17.2 Å². The van der Waals surface area contributed by atoms with E-state index in [1.54, 1.807) is 19.2 Å². The molecule has 2 heterocycles. The highest BCUT2D eigenvalue weighted by atomic mass is 16.5. The predicted octanol–water partition coefficient (Wildman–Crippen LogP) is 3.74. The van der Waals surface area contributed by atoms with Crippen molar-refractivity contribution in [1.82, 2.24) is 10.2 Å². The second-order valence-corrected chi connectivity index (χ2v) is 6.96. The smallest absolute Gasteiger partial charge is 0.289 e. The van der Waals surface area contributed by atoms with Crippen molar-refractivity contribution in [1.29, 1.82) is 0 Å². The van der Waals surface area contributed by atoms with Crippen molar-refractivity contribution in [3.05, 3.63) is 78.3 Å². The quantitative estimate of drug-likeness (QED) is 0.692. The van der Waals surface area contributed by atoms with Crippen LogP contribution >= 0.6 is 0 Å². The molecular weight excluding hydrogens is 368 g/mol. The van der Waals surface area contributed by atoms with Crippen molar-refractivity contribution in [2.75, 3.05) is 26.7 Å². The Morgan fingerprint density at radius 3 is 2.69 bits per heavy atom. The average Bonchev–Trinajstić information content (AvgIpc) is 3.30. The van der Waals surface area contributed by atoms with Crippen LogP contribution in [0.5, 0.6) is 17.2 Å². The van der Waals surface area contributed by atoms with Gasteiger partial charge in [0.25, 0.3) is 5.91 Å². The third-order valence-corrected chi connectivity index (χ3v) is 5.01. The fourth-order valence-electron chi connectivity index (χ4n) is 3.52. The monoisotopic (exact) mass is 392 g/mol. The fourth-order valence-corrected chi connectivity index (χ4v) is 3.52. The zero-order chi connectivity index (χ0) is 20.1. The van der Waals surface area contributed by atoms with E-state index >= 15 is 0 Å². The molecule has 6 heteroatoms. The number of amides is 1. The molecule has 29 heavy (non-hydrogen) atoms. The van der Waals surface area contributed by atoms with Gasteiger partial charge in [-0.25, -0.2) is 0 Å². The molecule has 1 amide bonds. The van der Waals surface area contributed by atoms with Crippen molar-refractivity contribution in [2.24, 2.45) is 0 Å². The summed E-state index contributed by atoms with van der Waals surface area (Å²) < 4.78 is 16.4. The number of piperazine rings is 1. The molecule has 3 aromatic rings. The minimum atomic E-state index is -0.0560. The number of benzene rings is 2. The average molecular weight is 392 g/mol. The molecule has 0 saturated carbocycles. The number of nitrogens with one attached hydrogen (secondary N) is 1. The first-order chi connectivity index (χ1) is 14.2. The van der Waals surface area contributed by atoms with Gasteiger partial charge in [0, 0.05) is 31.7 Å². The van der Waals surface area contributed by atoms with E-state index in [1.165, 1.54) is 6.26 Å². The number of nitrogens with zero attached hydrogens (tertiary/aromatic N) is 1. The summed E-state index contributed by atoms with van der Waals surface area (Å²) in [5.74, 6) is 2.57. The van der Waals surface area contributed by atoms with Crippen LogP contribution in [0.1, 0.15) is 16.1 Å². The lowest BCUT2D eigenvalue weighted by molar-refractivity contribution is 0.0603. The van der Waals surface area contributed by atoms with E-state index in [0.717, 1.165) is 42.3 Å². The van der Waals surface area contributed by atoms with Crippen LogP contribution in [0.25, 0.3) is 0 Å². The molecule has 1 atom stereocenters. The van der Waals surface area contributed by atoms with Crippen LogP contribution in [0.15, 0.2) is 71.3 Å². The highest BCUT2D eigenvalue weighted by molar-refractivity contribution is 5.91. The molecule has 0 bridgehead atoms. The maximum Gasteiger partial charge on any atom is 0.289 e. The standard InChI is InChI=1S/C23H24N2O4/c1-27-20-4-2-5-21(15-20)29-19-9-7-17(8-10-19)14-18-16-24-11-12-25(18)23(26)22-6-3-13-28-22/h2-10,13,15,18,24H,11-12,14,16H2,1H3. The Morgan fingerprint density at radius 2 is 1.93 bits per heavy atom. The molecule has 2 aromatic carbocycles. The van der Waals surface area contributed by atoms with Gasteiger partial charge in [0.2, 0.25) is 0 Å². The van der Waals surface area contributed by atoms with Gasteiger partial charge in [-0.3, -0.25) is 4.79 Å². The Balaban J connectivity index is 1.42. The van der Waals surface area contributed by atoms with Gasteiger partial charge in [-0.2, -0.15) is 0 Å². The minimum absolute atomic E-state index is 0.0560. The SMILES string of the molecule is COc1cccc(Oc2ccc(CC3CNCCN3C(=O)c3ccco3)cc2)c1. The third kappa shape index (κ3) is 4.60. The summed E-state index contributed by atoms with van der Waals surface area (Å²) in [6, 6.07) is 19.0. The van der Waals surface area contributed by atoms with Gasteiger partial charge in [-0.1, -0.05) is 18.2 Å². The molecule has 150 valence electrons. The van der Waals surface area contributed by atoms with E-state index in [0.29, 0.717) is 12.3 Å². The molecule has 1 unspecified atom stereocenters. The van der Waals surface area contributed by atoms with Gasteiger partial charge in [0.05, 0.1) is 13.4 Å². The molecule has 4 rings (SSSR count). The zero-order valence-electron chi connectivity index (χ0n) is 16.3. The normalized spacial score (nSPS) is 16.4. The van der Waals surface area contributed by atoms with E-state index < -0.39 is 0 Å². The Labute approximate surface area is 170 Å². The highest BCUT2D eigenvalue weighted by Crippen LogP contribution is 2.26. The van der Waals surface area contributed by atoms with Crippen molar-refractivity contribution in [3.63, 3.8) is 0 Å². The molecule has 0 aliphatic carbocycles. The first-order valence-electron chi connectivity index (χ1n) is 9.69. The van der Waals surface area contributed by atoms with Crippen LogP contribution in [0.3, 0.4) is 0 Å². The molecule has 1 fully saturated rings. The number of hydrogen-bond donors (Lipinski definition) is 1. The molecule has 1 saturated heterocycles. The second kappa shape index (κ2) is 8.84. The second-order valence-electron chi connectivity index (χ2n) is 6.96. The summed E-state index contributed by atoms with van der Waals surface area (Å²) in [6.45, 7) is 2.21. The number of methoxy groups -OCH3 is 1. The third-order valence-electron chi connectivity index (χ3n) is 5.01. The Hall–Kier alpha value is -3.25. The lowest BCUT2D eigenvalue weighted by atomic mass is 10.0. The van der Waals surface area contributed by atoms with Crippen molar-refractivity contribution >= 4 is 5.91 Å². The van der Waals surface area contributed by atoms with Crippen LogP contribution in [-0.4, -0.2) is 43.6 Å². The Morgan fingerprint density at radius 1 is 1.10 bits per heavy atom. The van der Waals surface area contributed by atoms with E-state index in [-0.39, 0.29) is 11.9 Å². The summed E-state index contributed by atoms with van der Waals surface area (Å²) in [4.78, 5) is 14.6. The molecule has 6 nitrogen and oxygen atoms in total. The van der Waals surface area contributed by atoms with Crippen molar-refractivity contribution in [2.45, 2.75) is 12.5 Å². The molecular formula is C23H24N2O4. The summed E-state index contributed by atoms with van der Waals surface area (Å²) in [5.41, 5.74) is 1.15. The van der Waals surface area contributed by atoms with Gasteiger partial charge >= 0.3 is 0 Å². The van der Waals surface area contributed by atoms with E-state index in [2.05, 4.69) is 5.32 Å². The largest absolute Gasteiger partial charge is 0.497 e. The van der Waals surface area contributed by atoms with E-state index in [9.17, 15) is 4.79 Å². The number of ether oxygens (including phenoxy) is 2. The molecule has 1 aliphatic heterocycles. The lowest BCUT2D eigenvalue weighted by Gasteiger charge is -2.36. The number of rotatable bonds is 6. The fraction of sp³-hybridized carbons (Fsp3) is 0.261. The number of furan rings is 1. The molecule has 1 N–H and O–H groups in total. The van der Waals surface area contributed by atoms with E-state index in [1.807, 2.05) is 53.4 Å². The van der Waals surface area contributed by atoms with Gasteiger partial charge in [-0.15, -0.1) is 0 Å². The maximum atomic E-state index is 12.7. The van der Waals surface area contributed by atoms with Crippen molar-refractivity contribution < 1.29 is 18.7 Å². The first kappa shape index (κ1) is 19.1. The summed E-state index contributed by atoms with van der Waals surface area (Å²) in [6.07, 6.45) is 2.30. The summed E-state index contributed by atoms with van der Waals surface area (Å²) >= 11 is 0. The van der Waals surface area contributed by atoms with Gasteiger partial charge in [0.1, 0.15) is 17.2 Å². The number of carbonyl (C=O) groups excluding carboxylic acids is 1. The number of carbonyl (C=O) groups is 1. The molecule has 1 aromatic heterocycles. The Kier molecular flexibility index (Phi) is 5.81.